The fraction of sp³-hybridized carbons (Fsp3) is 0.273. The van der Waals surface area contributed by atoms with Crippen LogP contribution in [-0.4, -0.2) is 41.9 Å². The van der Waals surface area contributed by atoms with Gasteiger partial charge in [-0.05, 0) is 43.9 Å². The minimum atomic E-state index is -4.54. The number of nitrogens with one attached hydrogen (secondary N) is 2. The highest BCUT2D eigenvalue weighted by atomic mass is 19.4. The van der Waals surface area contributed by atoms with E-state index in [4.69, 9.17) is 0 Å². The van der Waals surface area contributed by atoms with Crippen LogP contribution in [0, 0.1) is 0 Å². The number of anilines is 1. The zero-order chi connectivity index (χ0) is 22.8. The minimum Gasteiger partial charge on any atom is -0.350 e. The molecule has 2 amide bonds. The molecule has 1 aromatic heterocycles. The quantitative estimate of drug-likeness (QED) is 0.606. The standard InChI is InChI=1S/C22H23F3N4O2/c1-28(2)19(17-13-29(3)18-10-5-4-9-16(17)18)12-26-20(30)21(31)27-15-8-6-7-14(11-15)22(23,24)25/h4-11,13,19H,12H2,1-3H3,(H,26,30)(H,27,31). The average molecular weight is 432 g/mol. The van der Waals surface area contributed by atoms with Crippen LogP contribution in [0.2, 0.25) is 0 Å². The Morgan fingerprint density at radius 3 is 2.45 bits per heavy atom. The predicted molar refractivity (Wildman–Crippen MR) is 112 cm³/mol. The Bertz CT molecular complexity index is 1110. The lowest BCUT2D eigenvalue weighted by molar-refractivity contribution is -0.137. The molecule has 164 valence electrons. The molecule has 0 aliphatic rings. The van der Waals surface area contributed by atoms with Crippen molar-refractivity contribution in [3.8, 4) is 0 Å². The second-order valence-corrected chi connectivity index (χ2v) is 7.43. The summed E-state index contributed by atoms with van der Waals surface area (Å²) in [7, 11) is 5.66. The fourth-order valence-corrected chi connectivity index (χ4v) is 3.44. The van der Waals surface area contributed by atoms with Gasteiger partial charge in [0.15, 0.2) is 0 Å². The number of carbonyl (C=O) groups is 2. The van der Waals surface area contributed by atoms with Gasteiger partial charge in [-0.15, -0.1) is 0 Å². The molecule has 3 rings (SSSR count). The van der Waals surface area contributed by atoms with Gasteiger partial charge in [-0.3, -0.25) is 9.59 Å². The number of benzene rings is 2. The average Bonchev–Trinajstić information content (AvgIpc) is 3.04. The van der Waals surface area contributed by atoms with E-state index >= 15 is 0 Å². The van der Waals surface area contributed by atoms with Crippen LogP contribution >= 0.6 is 0 Å². The summed E-state index contributed by atoms with van der Waals surface area (Å²) in [5, 5.41) is 5.82. The lowest BCUT2D eigenvalue weighted by atomic mass is 10.0. The number of aryl methyl sites for hydroxylation is 1. The molecule has 1 unspecified atom stereocenters. The third-order valence-electron chi connectivity index (χ3n) is 5.02. The van der Waals surface area contributed by atoms with Crippen molar-refractivity contribution in [1.82, 2.24) is 14.8 Å². The van der Waals surface area contributed by atoms with E-state index in [0.29, 0.717) is 0 Å². The van der Waals surface area contributed by atoms with Crippen molar-refractivity contribution in [2.75, 3.05) is 26.0 Å². The van der Waals surface area contributed by atoms with Gasteiger partial charge in [-0.25, -0.2) is 0 Å². The Balaban J connectivity index is 1.70. The van der Waals surface area contributed by atoms with Crippen molar-refractivity contribution in [2.45, 2.75) is 12.2 Å². The predicted octanol–water partition coefficient (Wildman–Crippen LogP) is 3.55. The molecular formula is C22H23F3N4O2. The first-order valence-electron chi connectivity index (χ1n) is 9.54. The van der Waals surface area contributed by atoms with Crippen LogP contribution in [0.25, 0.3) is 10.9 Å². The highest BCUT2D eigenvalue weighted by molar-refractivity contribution is 6.39. The summed E-state index contributed by atoms with van der Waals surface area (Å²) in [5.41, 5.74) is 1.02. The largest absolute Gasteiger partial charge is 0.416 e. The zero-order valence-electron chi connectivity index (χ0n) is 17.3. The van der Waals surface area contributed by atoms with Crippen molar-refractivity contribution in [2.24, 2.45) is 7.05 Å². The second kappa shape index (κ2) is 8.81. The first-order valence-corrected chi connectivity index (χ1v) is 9.54. The van der Waals surface area contributed by atoms with Crippen molar-refractivity contribution in [1.29, 1.82) is 0 Å². The molecule has 0 bridgehead atoms. The van der Waals surface area contributed by atoms with E-state index in [1.807, 2.05) is 61.1 Å². The van der Waals surface area contributed by atoms with E-state index in [1.54, 1.807) is 0 Å². The molecular weight excluding hydrogens is 409 g/mol. The number of likely N-dealkylation sites (N-methyl/N-ethyl adjacent to an activating group) is 1. The summed E-state index contributed by atoms with van der Waals surface area (Å²) in [5.74, 6) is -1.96. The maximum atomic E-state index is 12.8. The number of carbonyl (C=O) groups excluding carboxylic acids is 2. The van der Waals surface area contributed by atoms with Crippen molar-refractivity contribution >= 4 is 28.4 Å². The van der Waals surface area contributed by atoms with Gasteiger partial charge >= 0.3 is 18.0 Å². The van der Waals surface area contributed by atoms with E-state index in [9.17, 15) is 22.8 Å². The summed E-state index contributed by atoms with van der Waals surface area (Å²) in [6, 6.07) is 11.8. The first kappa shape index (κ1) is 22.4. The molecule has 1 heterocycles. The van der Waals surface area contributed by atoms with Crippen LogP contribution in [0.3, 0.4) is 0 Å². The topological polar surface area (TPSA) is 66.4 Å². The van der Waals surface area contributed by atoms with Crippen LogP contribution in [0.15, 0.2) is 54.7 Å². The molecule has 0 fully saturated rings. The number of aromatic nitrogens is 1. The Morgan fingerprint density at radius 2 is 1.77 bits per heavy atom. The van der Waals surface area contributed by atoms with Gasteiger partial charge in [0.1, 0.15) is 0 Å². The Labute approximate surface area is 177 Å². The van der Waals surface area contributed by atoms with Crippen molar-refractivity contribution in [3.05, 3.63) is 65.9 Å². The molecule has 3 aromatic rings. The lowest BCUT2D eigenvalue weighted by Crippen LogP contribution is -2.40. The van der Waals surface area contributed by atoms with Gasteiger partial charge in [0.05, 0.1) is 11.6 Å². The molecule has 0 aliphatic heterocycles. The van der Waals surface area contributed by atoms with E-state index in [-0.39, 0.29) is 18.3 Å². The summed E-state index contributed by atoms with van der Waals surface area (Å²) >= 11 is 0. The molecule has 1 atom stereocenters. The molecule has 9 heteroatoms. The molecule has 2 aromatic carbocycles. The molecule has 0 saturated heterocycles. The van der Waals surface area contributed by atoms with E-state index in [2.05, 4.69) is 10.6 Å². The van der Waals surface area contributed by atoms with Crippen LogP contribution < -0.4 is 10.6 Å². The number of alkyl halides is 3. The van der Waals surface area contributed by atoms with Gasteiger partial charge in [0.25, 0.3) is 0 Å². The van der Waals surface area contributed by atoms with Crippen LogP contribution in [0.1, 0.15) is 17.2 Å². The number of amides is 2. The monoisotopic (exact) mass is 432 g/mol. The summed E-state index contributed by atoms with van der Waals surface area (Å²) in [4.78, 5) is 26.4. The number of rotatable bonds is 5. The maximum Gasteiger partial charge on any atom is 0.416 e. The molecule has 31 heavy (non-hydrogen) atoms. The van der Waals surface area contributed by atoms with Gasteiger partial charge in [-0.1, -0.05) is 24.3 Å². The Hall–Kier alpha value is -3.33. The highest BCUT2D eigenvalue weighted by Gasteiger charge is 2.30. The van der Waals surface area contributed by atoms with E-state index in [0.717, 1.165) is 28.6 Å². The fourth-order valence-electron chi connectivity index (χ4n) is 3.44. The Kier molecular flexibility index (Phi) is 6.35. The minimum absolute atomic E-state index is 0.104. The van der Waals surface area contributed by atoms with Crippen molar-refractivity contribution < 1.29 is 22.8 Å². The van der Waals surface area contributed by atoms with E-state index < -0.39 is 23.6 Å². The van der Waals surface area contributed by atoms with Crippen LogP contribution in [-0.2, 0) is 22.8 Å². The number of fused-ring (bicyclic) bond motifs is 1. The molecule has 6 nitrogen and oxygen atoms in total. The number of hydrogen-bond acceptors (Lipinski definition) is 3. The zero-order valence-corrected chi connectivity index (χ0v) is 17.3. The smallest absolute Gasteiger partial charge is 0.350 e. The van der Waals surface area contributed by atoms with E-state index in [1.165, 1.54) is 12.1 Å². The third-order valence-corrected chi connectivity index (χ3v) is 5.02. The summed E-state index contributed by atoms with van der Waals surface area (Å²) in [6.45, 7) is 0.149. The number of hydrogen-bond donors (Lipinski definition) is 2. The van der Waals surface area contributed by atoms with Crippen LogP contribution in [0.5, 0.6) is 0 Å². The molecule has 0 saturated carbocycles. The summed E-state index contributed by atoms with van der Waals surface area (Å²) < 4.78 is 40.5. The second-order valence-electron chi connectivity index (χ2n) is 7.43. The number of nitrogens with zero attached hydrogens (tertiary/aromatic N) is 2. The molecule has 0 spiro atoms. The van der Waals surface area contributed by atoms with Crippen LogP contribution in [0.4, 0.5) is 18.9 Å². The van der Waals surface area contributed by atoms with Crippen molar-refractivity contribution in [3.63, 3.8) is 0 Å². The molecule has 2 N–H and O–H groups in total. The number of halogens is 3. The van der Waals surface area contributed by atoms with Gasteiger partial charge in [0, 0.05) is 36.4 Å². The Morgan fingerprint density at radius 1 is 1.06 bits per heavy atom. The van der Waals surface area contributed by atoms with Gasteiger partial charge in [-0.2, -0.15) is 13.2 Å². The molecule has 0 radical (unpaired) electrons. The normalized spacial score (nSPS) is 12.7. The maximum absolute atomic E-state index is 12.8. The molecule has 0 aliphatic carbocycles. The summed E-state index contributed by atoms with van der Waals surface area (Å²) in [6.07, 6.45) is -2.56. The first-order chi connectivity index (χ1) is 14.6. The lowest BCUT2D eigenvalue weighted by Gasteiger charge is -2.24. The SMILES string of the molecule is CN(C)C(CNC(=O)C(=O)Nc1cccc(C(F)(F)F)c1)c1cn(C)c2ccccc12. The van der Waals surface area contributed by atoms with Gasteiger partial charge < -0.3 is 20.1 Å². The van der Waals surface area contributed by atoms with Gasteiger partial charge in [0.2, 0.25) is 0 Å². The third kappa shape index (κ3) is 5.05. The number of para-hydroxylation sites is 1. The highest BCUT2D eigenvalue weighted by Crippen LogP contribution is 2.31.